The molecule has 0 saturated carbocycles. The van der Waals surface area contributed by atoms with Crippen LogP contribution in [-0.4, -0.2) is 0 Å². The Labute approximate surface area is 97.1 Å². The van der Waals surface area contributed by atoms with Crippen LogP contribution in [0.5, 0.6) is 0 Å². The van der Waals surface area contributed by atoms with Gasteiger partial charge in [-0.05, 0) is 24.0 Å². The van der Waals surface area contributed by atoms with E-state index in [0.717, 1.165) is 17.0 Å². The number of benzene rings is 1. The molecule has 14 heavy (non-hydrogen) atoms. The number of nitrogens with two attached hydrogens (primary N) is 1. The highest BCUT2D eigenvalue weighted by Gasteiger charge is 2.10. The third-order valence-electron chi connectivity index (χ3n) is 2.03. The minimum absolute atomic E-state index is 0. The maximum atomic E-state index is 6.02. The lowest BCUT2D eigenvalue weighted by Crippen LogP contribution is -2.13. The van der Waals surface area contributed by atoms with Crippen molar-refractivity contribution in [2.45, 2.75) is 26.3 Å². The molecule has 0 aromatic heterocycles. The summed E-state index contributed by atoms with van der Waals surface area (Å²) in [5, 5.41) is 0.774. The predicted octanol–water partition coefficient (Wildman–Crippen LogP) is 3.81. The number of rotatable bonds is 3. The maximum absolute atomic E-state index is 6.02. The van der Waals surface area contributed by atoms with E-state index in [1.807, 2.05) is 24.3 Å². The average Bonchev–Trinajstić information content (AvgIpc) is 2.03. The molecule has 1 rings (SSSR count). The zero-order chi connectivity index (χ0) is 9.84. The lowest BCUT2D eigenvalue weighted by Gasteiger charge is -2.15. The molecule has 0 bridgehead atoms. The summed E-state index contributed by atoms with van der Waals surface area (Å²) in [5.41, 5.74) is 7.07. The van der Waals surface area contributed by atoms with Crippen LogP contribution in [0.1, 0.15) is 31.9 Å². The van der Waals surface area contributed by atoms with Gasteiger partial charge >= 0.3 is 0 Å². The Kier molecular flexibility index (Phi) is 6.17. The monoisotopic (exact) mass is 233 g/mol. The van der Waals surface area contributed by atoms with Gasteiger partial charge < -0.3 is 5.73 Å². The fourth-order valence-electron chi connectivity index (χ4n) is 1.41. The molecule has 80 valence electrons. The molecule has 1 nitrogen and oxygen atoms in total. The van der Waals surface area contributed by atoms with Gasteiger partial charge in [0, 0.05) is 11.1 Å². The van der Waals surface area contributed by atoms with Gasteiger partial charge in [0.1, 0.15) is 0 Å². The summed E-state index contributed by atoms with van der Waals surface area (Å²) in [4.78, 5) is 0. The van der Waals surface area contributed by atoms with Crippen molar-refractivity contribution in [1.82, 2.24) is 0 Å². The Morgan fingerprint density at radius 3 is 2.36 bits per heavy atom. The van der Waals surface area contributed by atoms with Crippen molar-refractivity contribution in [3.8, 4) is 0 Å². The highest BCUT2D eigenvalue weighted by Crippen LogP contribution is 2.25. The Balaban J connectivity index is 0.00000169. The van der Waals surface area contributed by atoms with E-state index < -0.39 is 0 Å². The molecular formula is C11H17Cl2N. The molecule has 0 saturated heterocycles. The van der Waals surface area contributed by atoms with Crippen molar-refractivity contribution in [2.75, 3.05) is 0 Å². The van der Waals surface area contributed by atoms with Crippen LogP contribution < -0.4 is 5.73 Å². The van der Waals surface area contributed by atoms with Crippen LogP contribution in [0.2, 0.25) is 5.02 Å². The molecule has 1 aromatic carbocycles. The Bertz CT molecular complexity index is 274. The largest absolute Gasteiger partial charge is 0.324 e. The van der Waals surface area contributed by atoms with Gasteiger partial charge in [-0.3, -0.25) is 0 Å². The second kappa shape index (κ2) is 6.28. The molecule has 0 heterocycles. The van der Waals surface area contributed by atoms with E-state index in [9.17, 15) is 0 Å². The normalized spacial score (nSPS) is 12.4. The van der Waals surface area contributed by atoms with E-state index in [2.05, 4.69) is 13.8 Å². The Morgan fingerprint density at radius 2 is 1.86 bits per heavy atom. The first-order valence-electron chi connectivity index (χ1n) is 4.61. The maximum Gasteiger partial charge on any atom is 0.0453 e. The zero-order valence-electron chi connectivity index (χ0n) is 8.53. The van der Waals surface area contributed by atoms with Crippen LogP contribution in [0, 0.1) is 5.92 Å². The molecule has 1 atom stereocenters. The molecule has 0 fully saturated rings. The van der Waals surface area contributed by atoms with E-state index in [1.165, 1.54) is 0 Å². The standard InChI is InChI=1S/C11H16ClN.ClH/c1-8(2)7-11(13)9-5-3-4-6-10(9)12;/h3-6,8,11H,7,13H2,1-2H3;1H/t11-;/m0./s1. The van der Waals surface area contributed by atoms with E-state index in [-0.39, 0.29) is 18.4 Å². The van der Waals surface area contributed by atoms with Crippen molar-refractivity contribution in [1.29, 1.82) is 0 Å². The second-order valence-electron chi connectivity index (χ2n) is 3.76. The van der Waals surface area contributed by atoms with Crippen LogP contribution in [0.25, 0.3) is 0 Å². The van der Waals surface area contributed by atoms with E-state index >= 15 is 0 Å². The fraction of sp³-hybridized carbons (Fsp3) is 0.455. The summed E-state index contributed by atoms with van der Waals surface area (Å²) in [6.07, 6.45) is 0.976. The van der Waals surface area contributed by atoms with Crippen molar-refractivity contribution in [2.24, 2.45) is 11.7 Å². The first kappa shape index (κ1) is 13.8. The first-order chi connectivity index (χ1) is 6.11. The van der Waals surface area contributed by atoms with Crippen LogP contribution in [0.15, 0.2) is 24.3 Å². The lowest BCUT2D eigenvalue weighted by atomic mass is 9.98. The van der Waals surface area contributed by atoms with Crippen molar-refractivity contribution in [3.63, 3.8) is 0 Å². The highest BCUT2D eigenvalue weighted by atomic mass is 35.5. The minimum atomic E-state index is 0. The minimum Gasteiger partial charge on any atom is -0.324 e. The molecule has 0 aliphatic carbocycles. The smallest absolute Gasteiger partial charge is 0.0453 e. The molecule has 0 unspecified atom stereocenters. The van der Waals surface area contributed by atoms with Gasteiger partial charge in [0.05, 0.1) is 0 Å². The van der Waals surface area contributed by atoms with Gasteiger partial charge in [0.2, 0.25) is 0 Å². The SMILES string of the molecule is CC(C)C[C@H](N)c1ccccc1Cl.Cl. The van der Waals surface area contributed by atoms with Crippen LogP contribution in [0.3, 0.4) is 0 Å². The molecule has 0 aliphatic heterocycles. The van der Waals surface area contributed by atoms with Gasteiger partial charge in [0.25, 0.3) is 0 Å². The van der Waals surface area contributed by atoms with Gasteiger partial charge in [0.15, 0.2) is 0 Å². The van der Waals surface area contributed by atoms with E-state index in [0.29, 0.717) is 5.92 Å². The Hall–Kier alpha value is -0.240. The van der Waals surface area contributed by atoms with Gasteiger partial charge in [-0.1, -0.05) is 43.6 Å². The quantitative estimate of drug-likeness (QED) is 0.845. The highest BCUT2D eigenvalue weighted by molar-refractivity contribution is 6.31. The molecule has 0 aliphatic rings. The summed E-state index contributed by atoms with van der Waals surface area (Å²) in [7, 11) is 0. The van der Waals surface area contributed by atoms with Gasteiger partial charge in [-0.25, -0.2) is 0 Å². The molecular weight excluding hydrogens is 217 g/mol. The van der Waals surface area contributed by atoms with Crippen LogP contribution in [-0.2, 0) is 0 Å². The Morgan fingerprint density at radius 1 is 1.29 bits per heavy atom. The van der Waals surface area contributed by atoms with Gasteiger partial charge in [-0.15, -0.1) is 12.4 Å². The third kappa shape index (κ3) is 3.87. The molecule has 3 heteroatoms. The third-order valence-corrected chi connectivity index (χ3v) is 2.37. The molecule has 0 amide bonds. The predicted molar refractivity (Wildman–Crippen MR) is 65.1 cm³/mol. The molecule has 2 N–H and O–H groups in total. The van der Waals surface area contributed by atoms with Crippen molar-refractivity contribution < 1.29 is 0 Å². The van der Waals surface area contributed by atoms with Crippen molar-refractivity contribution in [3.05, 3.63) is 34.9 Å². The van der Waals surface area contributed by atoms with Gasteiger partial charge in [-0.2, -0.15) is 0 Å². The number of hydrogen-bond acceptors (Lipinski definition) is 1. The summed E-state index contributed by atoms with van der Waals surface area (Å²) < 4.78 is 0. The van der Waals surface area contributed by atoms with Crippen LogP contribution >= 0.6 is 24.0 Å². The summed E-state index contributed by atoms with van der Waals surface area (Å²) in [5.74, 6) is 0.603. The van der Waals surface area contributed by atoms with Crippen LogP contribution in [0.4, 0.5) is 0 Å². The number of hydrogen-bond donors (Lipinski definition) is 1. The average molecular weight is 234 g/mol. The summed E-state index contributed by atoms with van der Waals surface area (Å²) in [6.45, 7) is 4.33. The summed E-state index contributed by atoms with van der Waals surface area (Å²) in [6, 6.07) is 7.84. The lowest BCUT2D eigenvalue weighted by molar-refractivity contribution is 0.510. The molecule has 1 aromatic rings. The fourth-order valence-corrected chi connectivity index (χ4v) is 1.69. The van der Waals surface area contributed by atoms with Crippen molar-refractivity contribution >= 4 is 24.0 Å². The second-order valence-corrected chi connectivity index (χ2v) is 4.16. The molecule has 0 radical (unpaired) electrons. The molecule has 0 spiro atoms. The van der Waals surface area contributed by atoms with E-state index in [4.69, 9.17) is 17.3 Å². The zero-order valence-corrected chi connectivity index (χ0v) is 10.1. The summed E-state index contributed by atoms with van der Waals surface area (Å²) >= 11 is 6.02. The number of halogens is 2. The van der Waals surface area contributed by atoms with E-state index in [1.54, 1.807) is 0 Å². The first-order valence-corrected chi connectivity index (χ1v) is 4.99. The topological polar surface area (TPSA) is 26.0 Å².